The zero-order valence-corrected chi connectivity index (χ0v) is 20.2. The number of amides is 1. The van der Waals surface area contributed by atoms with E-state index in [9.17, 15) is 27.5 Å². The van der Waals surface area contributed by atoms with Gasteiger partial charge in [-0.3, -0.25) is 4.79 Å². The minimum atomic E-state index is -4.52. The minimum Gasteiger partial charge on any atom is -0.475 e. The van der Waals surface area contributed by atoms with Gasteiger partial charge < -0.3 is 14.7 Å². The van der Waals surface area contributed by atoms with E-state index >= 15 is 0 Å². The number of ether oxygens (including phenoxy) is 1. The summed E-state index contributed by atoms with van der Waals surface area (Å²) in [5, 5.41) is 10.6. The molecule has 4 nitrogen and oxygen atoms in total. The van der Waals surface area contributed by atoms with Gasteiger partial charge in [0.15, 0.2) is 0 Å². The Morgan fingerprint density at radius 3 is 2.36 bits per heavy atom. The Balaban J connectivity index is 1.72. The molecule has 1 fully saturated rings. The van der Waals surface area contributed by atoms with Crippen molar-refractivity contribution in [1.82, 2.24) is 4.90 Å². The molecule has 2 aromatic carbocycles. The molecule has 2 aliphatic rings. The van der Waals surface area contributed by atoms with Crippen LogP contribution in [0.4, 0.5) is 17.6 Å². The van der Waals surface area contributed by atoms with E-state index in [1.165, 1.54) is 18.2 Å². The molecule has 0 radical (unpaired) electrons. The predicted molar refractivity (Wildman–Crippen MR) is 128 cm³/mol. The molecular formula is C28H29F4NO3. The Kier molecular flexibility index (Phi) is 7.27. The quantitative estimate of drug-likeness (QED) is 0.451. The number of nitrogens with zero attached hydrogens (tertiary/aromatic N) is 1. The fourth-order valence-electron chi connectivity index (χ4n) is 4.77. The van der Waals surface area contributed by atoms with Crippen LogP contribution in [0.5, 0.6) is 5.75 Å². The SMILES string of the molecule is CC(C)(O)c1ccccc1OC(C(=O)N1CCCC1C1=CCCC=C1F)c1ccc(C(F)(F)F)cc1. The molecule has 1 aliphatic carbocycles. The third-order valence-corrected chi connectivity index (χ3v) is 6.58. The number of hydrogen-bond acceptors (Lipinski definition) is 3. The smallest absolute Gasteiger partial charge is 0.416 e. The van der Waals surface area contributed by atoms with Crippen molar-refractivity contribution in [2.24, 2.45) is 0 Å². The average molecular weight is 504 g/mol. The number of carbonyl (C=O) groups is 1. The first kappa shape index (κ1) is 25.9. The van der Waals surface area contributed by atoms with Crippen LogP contribution in [0, 0.1) is 0 Å². The summed E-state index contributed by atoms with van der Waals surface area (Å²) in [5.74, 6) is -0.575. The molecule has 2 atom stereocenters. The highest BCUT2D eigenvalue weighted by molar-refractivity contribution is 5.84. The van der Waals surface area contributed by atoms with Gasteiger partial charge in [-0.15, -0.1) is 0 Å². The summed E-state index contributed by atoms with van der Waals surface area (Å²) in [6, 6.07) is 10.5. The highest BCUT2D eigenvalue weighted by Gasteiger charge is 2.39. The predicted octanol–water partition coefficient (Wildman–Crippen LogP) is 6.62. The summed E-state index contributed by atoms with van der Waals surface area (Å²) in [5.41, 5.74) is -1.00. The third kappa shape index (κ3) is 5.48. The number of halogens is 4. The molecule has 0 saturated carbocycles. The standard InChI is InChI=1S/C28H29F4NO3/c1-27(2,35)21-9-4-6-12-24(21)36-25(18-13-15-19(16-14-18)28(30,31)32)26(34)33-17-7-11-23(33)20-8-3-5-10-22(20)29/h4,6,8-10,12-16,23,25,35H,3,5,7,11,17H2,1-2H3. The van der Waals surface area contributed by atoms with Gasteiger partial charge in [0.25, 0.3) is 5.91 Å². The largest absolute Gasteiger partial charge is 0.475 e. The molecular weight excluding hydrogens is 474 g/mol. The molecule has 0 aromatic heterocycles. The van der Waals surface area contributed by atoms with Crippen LogP contribution in [-0.4, -0.2) is 28.5 Å². The second kappa shape index (κ2) is 10.1. The molecule has 36 heavy (non-hydrogen) atoms. The highest BCUT2D eigenvalue weighted by Crippen LogP contribution is 2.38. The maximum atomic E-state index is 14.6. The van der Waals surface area contributed by atoms with Gasteiger partial charge in [-0.05, 0) is 63.8 Å². The Bertz CT molecular complexity index is 1160. The first-order valence-electron chi connectivity index (χ1n) is 12.0. The minimum absolute atomic E-state index is 0.234. The maximum Gasteiger partial charge on any atom is 0.416 e. The van der Waals surface area contributed by atoms with Crippen LogP contribution in [0.1, 0.15) is 62.3 Å². The lowest BCUT2D eigenvalue weighted by Crippen LogP contribution is -2.41. The first-order valence-corrected chi connectivity index (χ1v) is 12.0. The zero-order valence-electron chi connectivity index (χ0n) is 20.2. The summed E-state index contributed by atoms with van der Waals surface area (Å²) in [7, 11) is 0. The number of carbonyl (C=O) groups excluding carboxylic acids is 1. The molecule has 1 saturated heterocycles. The summed E-state index contributed by atoms with van der Waals surface area (Å²) >= 11 is 0. The van der Waals surface area contributed by atoms with Gasteiger partial charge >= 0.3 is 6.18 Å². The summed E-state index contributed by atoms with van der Waals surface area (Å²) in [6.07, 6.45) is 0.0414. The van der Waals surface area contributed by atoms with Gasteiger partial charge in [0.05, 0.1) is 17.2 Å². The summed E-state index contributed by atoms with van der Waals surface area (Å²) in [6.45, 7) is 3.53. The van der Waals surface area contributed by atoms with Crippen LogP contribution in [0.25, 0.3) is 0 Å². The Hall–Kier alpha value is -3.13. The molecule has 1 N–H and O–H groups in total. The molecule has 2 unspecified atom stereocenters. The molecule has 1 aliphatic heterocycles. The van der Waals surface area contributed by atoms with E-state index in [4.69, 9.17) is 4.74 Å². The van der Waals surface area contributed by atoms with Gasteiger partial charge in [-0.1, -0.05) is 36.4 Å². The fraction of sp³-hybridized carbons (Fsp3) is 0.393. The molecule has 8 heteroatoms. The Labute approximate surface area is 207 Å². The topological polar surface area (TPSA) is 49.8 Å². The lowest BCUT2D eigenvalue weighted by Gasteiger charge is -2.32. The van der Waals surface area contributed by atoms with Gasteiger partial charge in [-0.2, -0.15) is 13.2 Å². The van der Waals surface area contributed by atoms with E-state index < -0.39 is 35.4 Å². The molecule has 1 amide bonds. The molecule has 192 valence electrons. The van der Waals surface area contributed by atoms with E-state index in [0.717, 1.165) is 12.1 Å². The second-order valence-electron chi connectivity index (χ2n) is 9.65. The van der Waals surface area contributed by atoms with Crippen LogP contribution >= 0.6 is 0 Å². The number of likely N-dealkylation sites (tertiary alicyclic amines) is 1. The van der Waals surface area contributed by atoms with Crippen LogP contribution in [0.2, 0.25) is 0 Å². The maximum absolute atomic E-state index is 14.6. The number of allylic oxidation sites excluding steroid dienone is 2. The third-order valence-electron chi connectivity index (χ3n) is 6.58. The lowest BCUT2D eigenvalue weighted by molar-refractivity contribution is -0.139. The van der Waals surface area contributed by atoms with Crippen molar-refractivity contribution in [2.45, 2.75) is 63.5 Å². The van der Waals surface area contributed by atoms with E-state index in [-0.39, 0.29) is 17.1 Å². The van der Waals surface area contributed by atoms with Crippen LogP contribution in [-0.2, 0) is 16.6 Å². The zero-order chi connectivity index (χ0) is 26.1. The lowest BCUT2D eigenvalue weighted by atomic mass is 9.96. The number of hydrogen-bond donors (Lipinski definition) is 1. The number of rotatable bonds is 6. The molecule has 0 spiro atoms. The van der Waals surface area contributed by atoms with Gasteiger partial charge in [0, 0.05) is 23.2 Å². The van der Waals surface area contributed by atoms with Crippen molar-refractivity contribution in [1.29, 1.82) is 0 Å². The molecule has 0 bridgehead atoms. The van der Waals surface area contributed by atoms with Gasteiger partial charge in [0.2, 0.25) is 6.10 Å². The van der Waals surface area contributed by atoms with Crippen LogP contribution in [0.3, 0.4) is 0 Å². The van der Waals surface area contributed by atoms with Gasteiger partial charge in [0.1, 0.15) is 11.6 Å². The number of aliphatic hydroxyl groups is 1. The normalized spacial score (nSPS) is 19.5. The monoisotopic (exact) mass is 503 g/mol. The summed E-state index contributed by atoms with van der Waals surface area (Å²) in [4.78, 5) is 15.5. The fourth-order valence-corrected chi connectivity index (χ4v) is 4.77. The number of benzene rings is 2. The number of alkyl halides is 3. The van der Waals surface area contributed by atoms with E-state index in [1.807, 2.05) is 6.08 Å². The average Bonchev–Trinajstić information content (AvgIpc) is 3.31. The van der Waals surface area contributed by atoms with Crippen LogP contribution < -0.4 is 4.74 Å². The van der Waals surface area contributed by atoms with Crippen molar-refractivity contribution in [3.05, 3.63) is 88.8 Å². The van der Waals surface area contributed by atoms with Crippen molar-refractivity contribution < 1.29 is 32.2 Å². The van der Waals surface area contributed by atoms with Crippen molar-refractivity contribution in [3.63, 3.8) is 0 Å². The molecule has 1 heterocycles. The Morgan fingerprint density at radius 1 is 1.06 bits per heavy atom. The van der Waals surface area contributed by atoms with Crippen molar-refractivity contribution in [2.75, 3.05) is 6.54 Å². The highest BCUT2D eigenvalue weighted by atomic mass is 19.4. The first-order chi connectivity index (χ1) is 17.0. The molecule has 2 aromatic rings. The van der Waals surface area contributed by atoms with E-state index in [1.54, 1.807) is 43.0 Å². The van der Waals surface area contributed by atoms with Crippen molar-refractivity contribution in [3.8, 4) is 5.75 Å². The van der Waals surface area contributed by atoms with E-state index in [2.05, 4.69) is 0 Å². The Morgan fingerprint density at radius 2 is 1.72 bits per heavy atom. The van der Waals surface area contributed by atoms with E-state index in [0.29, 0.717) is 43.4 Å². The van der Waals surface area contributed by atoms with Crippen LogP contribution in [0.15, 0.2) is 72.1 Å². The summed E-state index contributed by atoms with van der Waals surface area (Å²) < 4.78 is 60.3. The van der Waals surface area contributed by atoms with Crippen molar-refractivity contribution >= 4 is 5.91 Å². The second-order valence-corrected chi connectivity index (χ2v) is 9.65. The molecule has 4 rings (SSSR count). The number of para-hydroxylation sites is 1. The van der Waals surface area contributed by atoms with Gasteiger partial charge in [-0.25, -0.2) is 4.39 Å².